The Morgan fingerprint density at radius 2 is 1.06 bits per heavy atom. The van der Waals surface area contributed by atoms with Gasteiger partial charge in [-0.1, -0.05) is 60.7 Å². The molecule has 0 aliphatic heterocycles. The van der Waals surface area contributed by atoms with Crippen molar-refractivity contribution in [2.75, 3.05) is 13.2 Å². The summed E-state index contributed by atoms with van der Waals surface area (Å²) < 4.78 is 19.6. The van der Waals surface area contributed by atoms with E-state index in [-0.39, 0.29) is 24.3 Å². The Morgan fingerprint density at radius 1 is 0.647 bits per heavy atom. The van der Waals surface area contributed by atoms with Crippen molar-refractivity contribution in [2.24, 2.45) is 0 Å². The lowest BCUT2D eigenvalue weighted by atomic mass is 10.1. The van der Waals surface area contributed by atoms with Crippen LogP contribution >= 0.6 is 0 Å². The van der Waals surface area contributed by atoms with E-state index in [9.17, 15) is 28.8 Å². The molecule has 0 bridgehead atoms. The first-order valence-electron chi connectivity index (χ1n) is 10.2. The van der Waals surface area contributed by atoms with E-state index < -0.39 is 47.7 Å². The van der Waals surface area contributed by atoms with Gasteiger partial charge in [0.25, 0.3) is 11.6 Å². The van der Waals surface area contributed by atoms with Crippen molar-refractivity contribution in [1.82, 2.24) is 0 Å². The number of hydrogen-bond acceptors (Lipinski definition) is 10. The number of carbonyl (C=O) groups excluding carboxylic acids is 6. The Balaban J connectivity index is 2.44. The van der Waals surface area contributed by atoms with Gasteiger partial charge in [-0.3, -0.25) is 14.4 Å². The monoisotopic (exact) mass is 470 g/mol. The van der Waals surface area contributed by atoms with Crippen molar-refractivity contribution in [2.45, 2.75) is 26.1 Å². The quantitative estimate of drug-likeness (QED) is 0.158. The van der Waals surface area contributed by atoms with E-state index in [2.05, 4.69) is 0 Å². The van der Waals surface area contributed by atoms with E-state index in [0.29, 0.717) is 0 Å². The van der Waals surface area contributed by atoms with E-state index in [1.165, 1.54) is 62.4 Å². The minimum absolute atomic E-state index is 0.0897. The number of benzene rings is 2. The van der Waals surface area contributed by atoms with Crippen molar-refractivity contribution >= 4 is 35.4 Å². The minimum atomic E-state index is -3.08. The fourth-order valence-electron chi connectivity index (χ4n) is 2.70. The second-order valence-corrected chi connectivity index (χ2v) is 6.62. The van der Waals surface area contributed by atoms with E-state index in [1.54, 1.807) is 12.1 Å². The number of hydrogen-bond donors (Lipinski definition) is 0. The first-order chi connectivity index (χ1) is 16.2. The van der Waals surface area contributed by atoms with Gasteiger partial charge in [-0.05, 0) is 13.8 Å². The summed E-state index contributed by atoms with van der Waals surface area (Å²) in [5.41, 5.74) is -0.179. The number of carbonyl (C=O) groups is 6. The molecule has 2 rings (SSSR count). The third-order valence-electron chi connectivity index (χ3n) is 4.23. The second-order valence-electron chi connectivity index (χ2n) is 6.62. The fraction of sp³-hybridized carbons (Fsp3) is 0.250. The van der Waals surface area contributed by atoms with Crippen molar-refractivity contribution in [3.8, 4) is 0 Å². The standard InChI is InChI=1S/C24H22O10/c1-3-31-18(25)15-24(23(30)32-4-2,33-21(28)19(26)16-11-7-5-8-12-16)34-22(29)20(27)17-13-9-6-10-14-17/h5-14H,3-4,15H2,1-2H3. The number of ketones is 2. The zero-order valence-electron chi connectivity index (χ0n) is 18.5. The van der Waals surface area contributed by atoms with Crippen molar-refractivity contribution in [3.63, 3.8) is 0 Å². The normalized spacial score (nSPS) is 10.5. The zero-order chi connectivity index (χ0) is 25.1. The summed E-state index contributed by atoms with van der Waals surface area (Å²) >= 11 is 0. The van der Waals surface area contributed by atoms with Crippen LogP contribution in [0, 0.1) is 0 Å². The predicted octanol–water partition coefficient (Wildman–Crippen LogP) is 2.05. The Kier molecular flexibility index (Phi) is 9.18. The molecule has 0 unspecified atom stereocenters. The zero-order valence-corrected chi connectivity index (χ0v) is 18.5. The topological polar surface area (TPSA) is 139 Å². The summed E-state index contributed by atoms with van der Waals surface area (Å²) in [7, 11) is 0. The molecule has 0 saturated heterocycles. The molecule has 0 amide bonds. The second kappa shape index (κ2) is 12.0. The van der Waals surface area contributed by atoms with Crippen molar-refractivity contribution < 1.29 is 47.7 Å². The summed E-state index contributed by atoms with van der Waals surface area (Å²) in [5, 5.41) is 0. The van der Waals surface area contributed by atoms with Crippen LogP contribution in [0.5, 0.6) is 0 Å². The molecule has 2 aromatic carbocycles. The Hall–Kier alpha value is -4.34. The summed E-state index contributed by atoms with van der Waals surface area (Å²) in [6.07, 6.45) is -1.15. The maximum absolute atomic E-state index is 12.8. The molecular weight excluding hydrogens is 448 g/mol. The van der Waals surface area contributed by atoms with Crippen LogP contribution in [0.4, 0.5) is 0 Å². The number of Topliss-reactive ketones (excluding diaryl/α,β-unsaturated/α-hetero) is 2. The fourth-order valence-corrected chi connectivity index (χ4v) is 2.70. The van der Waals surface area contributed by atoms with Gasteiger partial charge in [0.1, 0.15) is 6.42 Å². The Labute approximate surface area is 194 Å². The van der Waals surface area contributed by atoms with Crippen LogP contribution in [0.3, 0.4) is 0 Å². The molecule has 0 radical (unpaired) electrons. The lowest BCUT2D eigenvalue weighted by Gasteiger charge is -2.29. The Morgan fingerprint density at radius 3 is 1.44 bits per heavy atom. The lowest BCUT2D eigenvalue weighted by molar-refractivity contribution is -0.237. The summed E-state index contributed by atoms with van der Waals surface area (Å²) in [6.45, 7) is 2.49. The molecule has 0 aromatic heterocycles. The number of ether oxygens (including phenoxy) is 4. The highest BCUT2D eigenvalue weighted by Gasteiger charge is 2.53. The van der Waals surface area contributed by atoms with Crippen molar-refractivity contribution in [1.29, 1.82) is 0 Å². The van der Waals surface area contributed by atoms with Gasteiger partial charge in [-0.15, -0.1) is 0 Å². The highest BCUT2D eigenvalue weighted by molar-refractivity contribution is 6.42. The molecule has 0 N–H and O–H groups in total. The Bertz CT molecular complexity index is 994. The van der Waals surface area contributed by atoms with E-state index in [1.807, 2.05) is 0 Å². The van der Waals surface area contributed by atoms with Gasteiger partial charge in [0, 0.05) is 11.1 Å². The molecule has 0 atom stereocenters. The molecule has 10 nitrogen and oxygen atoms in total. The van der Waals surface area contributed by atoms with Crippen LogP contribution in [0.25, 0.3) is 0 Å². The number of esters is 4. The maximum Gasteiger partial charge on any atom is 0.393 e. The van der Waals surface area contributed by atoms with Crippen LogP contribution in [0.2, 0.25) is 0 Å². The third-order valence-corrected chi connectivity index (χ3v) is 4.23. The van der Waals surface area contributed by atoms with Crippen LogP contribution in [0.1, 0.15) is 41.0 Å². The molecule has 0 aliphatic carbocycles. The molecular formula is C24H22O10. The highest BCUT2D eigenvalue weighted by Crippen LogP contribution is 2.24. The predicted molar refractivity (Wildman–Crippen MR) is 114 cm³/mol. The van der Waals surface area contributed by atoms with Gasteiger partial charge in [0.2, 0.25) is 0 Å². The molecule has 0 spiro atoms. The first-order valence-corrected chi connectivity index (χ1v) is 10.2. The maximum atomic E-state index is 12.8. The van der Waals surface area contributed by atoms with Gasteiger partial charge < -0.3 is 18.9 Å². The van der Waals surface area contributed by atoms with E-state index >= 15 is 0 Å². The summed E-state index contributed by atoms with van der Waals surface area (Å²) in [5.74, 6) is -11.3. The number of rotatable bonds is 11. The average Bonchev–Trinajstić information content (AvgIpc) is 2.84. The highest BCUT2D eigenvalue weighted by atomic mass is 16.8. The molecule has 10 heteroatoms. The molecule has 34 heavy (non-hydrogen) atoms. The minimum Gasteiger partial charge on any atom is -0.466 e. The van der Waals surface area contributed by atoms with E-state index in [4.69, 9.17) is 18.9 Å². The van der Waals surface area contributed by atoms with Gasteiger partial charge in [-0.25, -0.2) is 14.4 Å². The molecule has 0 fully saturated rings. The van der Waals surface area contributed by atoms with Crippen molar-refractivity contribution in [3.05, 3.63) is 71.8 Å². The molecule has 0 aliphatic rings. The van der Waals surface area contributed by atoms with Crippen LogP contribution in [-0.2, 0) is 38.1 Å². The molecule has 2 aromatic rings. The largest absolute Gasteiger partial charge is 0.466 e. The average molecular weight is 470 g/mol. The third kappa shape index (κ3) is 6.58. The molecule has 178 valence electrons. The lowest BCUT2D eigenvalue weighted by Crippen LogP contribution is -2.52. The van der Waals surface area contributed by atoms with Gasteiger partial charge in [-0.2, -0.15) is 0 Å². The smallest absolute Gasteiger partial charge is 0.393 e. The molecule has 0 heterocycles. The van der Waals surface area contributed by atoms with Gasteiger partial charge >= 0.3 is 29.7 Å². The van der Waals surface area contributed by atoms with Gasteiger partial charge in [0.15, 0.2) is 0 Å². The van der Waals surface area contributed by atoms with Gasteiger partial charge in [0.05, 0.1) is 13.2 Å². The first kappa shape index (κ1) is 25.9. The summed E-state index contributed by atoms with van der Waals surface area (Å²) in [6, 6.07) is 14.4. The SMILES string of the molecule is CCOC(=O)CC(OC(=O)C(=O)c1ccccc1)(OC(=O)C(=O)c1ccccc1)C(=O)OCC. The van der Waals surface area contributed by atoms with Crippen LogP contribution in [-0.4, -0.2) is 54.4 Å². The van der Waals surface area contributed by atoms with E-state index in [0.717, 1.165) is 0 Å². The summed E-state index contributed by atoms with van der Waals surface area (Å²) in [4.78, 5) is 75.3. The van der Waals surface area contributed by atoms with Crippen LogP contribution in [0.15, 0.2) is 60.7 Å². The van der Waals surface area contributed by atoms with Crippen LogP contribution < -0.4 is 0 Å². The molecule has 0 saturated carbocycles.